The number of hydrogen-bond acceptors (Lipinski definition) is 9. The highest BCUT2D eigenvalue weighted by atomic mass is 16.6. The van der Waals surface area contributed by atoms with Crippen molar-refractivity contribution < 1.29 is 29.9 Å². The number of morpholine rings is 1. The van der Waals surface area contributed by atoms with Crippen molar-refractivity contribution >= 4 is 22.7 Å². The first-order chi connectivity index (χ1) is 16.1. The molecule has 0 aliphatic carbocycles. The molecule has 0 spiro atoms. The van der Waals surface area contributed by atoms with Crippen molar-refractivity contribution in [1.29, 1.82) is 0 Å². The molecule has 1 aromatic heterocycles. The van der Waals surface area contributed by atoms with E-state index in [1.807, 2.05) is 36.4 Å². The van der Waals surface area contributed by atoms with Crippen LogP contribution in [0, 0.1) is 0 Å². The SMILES string of the molecule is OC[C@H]1O[C@@H](n2c(NCc3ccc(N4CCOCC4)c(O)c3)nc3ccccc32)[C@H](O)[C@@H]1O. The van der Waals surface area contributed by atoms with E-state index in [0.717, 1.165) is 29.9 Å². The molecule has 2 aliphatic heterocycles. The quantitative estimate of drug-likeness (QED) is 0.365. The molecule has 4 atom stereocenters. The summed E-state index contributed by atoms with van der Waals surface area (Å²) >= 11 is 0. The Morgan fingerprint density at radius 1 is 1.06 bits per heavy atom. The smallest absolute Gasteiger partial charge is 0.206 e. The molecule has 176 valence electrons. The summed E-state index contributed by atoms with van der Waals surface area (Å²) in [5.41, 5.74) is 3.05. The third-order valence-corrected chi connectivity index (χ3v) is 6.21. The Bertz CT molecular complexity index is 1120. The number of nitrogens with one attached hydrogen (secondary N) is 1. The van der Waals surface area contributed by atoms with E-state index in [4.69, 9.17) is 9.47 Å². The van der Waals surface area contributed by atoms with Gasteiger partial charge in [0.2, 0.25) is 5.95 Å². The van der Waals surface area contributed by atoms with Gasteiger partial charge in [-0.15, -0.1) is 0 Å². The van der Waals surface area contributed by atoms with E-state index in [2.05, 4.69) is 15.2 Å². The second-order valence-electron chi connectivity index (χ2n) is 8.30. The summed E-state index contributed by atoms with van der Waals surface area (Å²) in [6.07, 6.45) is -4.23. The fourth-order valence-electron chi connectivity index (χ4n) is 4.45. The number of phenolic OH excluding ortho intramolecular Hbond substituents is 1. The largest absolute Gasteiger partial charge is 0.506 e. The van der Waals surface area contributed by atoms with E-state index in [1.165, 1.54) is 0 Å². The Morgan fingerprint density at radius 3 is 2.58 bits per heavy atom. The third kappa shape index (κ3) is 4.11. The third-order valence-electron chi connectivity index (χ3n) is 6.21. The van der Waals surface area contributed by atoms with Gasteiger partial charge in [-0.25, -0.2) is 4.98 Å². The first kappa shape index (κ1) is 21.9. The standard InChI is InChI=1S/C23H28N4O6/c28-13-19-20(30)21(31)22(33-19)27-16-4-2-1-3-15(16)25-23(27)24-12-14-5-6-17(18(29)11-14)26-7-9-32-10-8-26/h1-6,11,19-22,28-31H,7-10,12-13H2,(H,24,25)/t19-,20-,21-,22-/m1/s1. The van der Waals surface area contributed by atoms with Crippen molar-refractivity contribution in [2.75, 3.05) is 43.1 Å². The highest BCUT2D eigenvalue weighted by Gasteiger charge is 2.44. The van der Waals surface area contributed by atoms with Gasteiger partial charge in [0.15, 0.2) is 6.23 Å². The lowest BCUT2D eigenvalue weighted by atomic mass is 10.1. The Kier molecular flexibility index (Phi) is 6.09. The lowest BCUT2D eigenvalue weighted by molar-refractivity contribution is -0.0499. The Labute approximate surface area is 190 Å². The van der Waals surface area contributed by atoms with Crippen LogP contribution in [0.4, 0.5) is 11.6 Å². The van der Waals surface area contributed by atoms with Crippen LogP contribution in [-0.4, -0.2) is 81.2 Å². The number of fused-ring (bicyclic) bond motifs is 1. The molecule has 2 aromatic carbocycles. The Hall–Kier alpha value is -2.89. The van der Waals surface area contributed by atoms with E-state index in [1.54, 1.807) is 10.6 Å². The van der Waals surface area contributed by atoms with Crippen molar-refractivity contribution in [3.05, 3.63) is 48.0 Å². The zero-order chi connectivity index (χ0) is 22.9. The topological polar surface area (TPSA) is 132 Å². The highest BCUT2D eigenvalue weighted by molar-refractivity contribution is 5.79. The second kappa shape index (κ2) is 9.16. The van der Waals surface area contributed by atoms with Gasteiger partial charge in [-0.05, 0) is 29.8 Å². The average Bonchev–Trinajstić information content (AvgIpc) is 3.34. The number of aliphatic hydroxyl groups is 3. The fourth-order valence-corrected chi connectivity index (χ4v) is 4.45. The zero-order valence-electron chi connectivity index (χ0n) is 18.0. The van der Waals surface area contributed by atoms with Crippen LogP contribution >= 0.6 is 0 Å². The molecule has 10 heteroatoms. The van der Waals surface area contributed by atoms with Crippen LogP contribution in [0.15, 0.2) is 42.5 Å². The molecule has 3 heterocycles. The normalized spacial score (nSPS) is 25.6. The van der Waals surface area contributed by atoms with Gasteiger partial charge in [-0.1, -0.05) is 18.2 Å². The zero-order valence-corrected chi connectivity index (χ0v) is 18.0. The lowest BCUT2D eigenvalue weighted by Crippen LogP contribution is -2.36. The number of ether oxygens (including phenoxy) is 2. The Morgan fingerprint density at radius 2 is 1.85 bits per heavy atom. The molecule has 0 radical (unpaired) electrons. The van der Waals surface area contributed by atoms with E-state index in [0.29, 0.717) is 31.2 Å². The molecule has 0 unspecified atom stereocenters. The van der Waals surface area contributed by atoms with E-state index in [9.17, 15) is 20.4 Å². The van der Waals surface area contributed by atoms with Gasteiger partial charge in [0.1, 0.15) is 24.1 Å². The van der Waals surface area contributed by atoms with Gasteiger partial charge in [-0.2, -0.15) is 0 Å². The summed E-state index contributed by atoms with van der Waals surface area (Å²) in [7, 11) is 0. The maximum atomic E-state index is 10.6. The van der Waals surface area contributed by atoms with Gasteiger partial charge < -0.3 is 40.1 Å². The van der Waals surface area contributed by atoms with Crippen LogP contribution < -0.4 is 10.2 Å². The number of rotatable bonds is 6. The van der Waals surface area contributed by atoms with Gasteiger partial charge >= 0.3 is 0 Å². The minimum Gasteiger partial charge on any atom is -0.506 e. The van der Waals surface area contributed by atoms with Gasteiger partial charge in [0.25, 0.3) is 0 Å². The molecule has 5 N–H and O–H groups in total. The summed E-state index contributed by atoms with van der Waals surface area (Å²) in [4.78, 5) is 6.72. The number of para-hydroxylation sites is 2. The number of imidazole rings is 1. The van der Waals surface area contributed by atoms with E-state index >= 15 is 0 Å². The fraction of sp³-hybridized carbons (Fsp3) is 0.435. The molecule has 3 aromatic rings. The van der Waals surface area contributed by atoms with Crippen LogP contribution in [0.2, 0.25) is 0 Å². The van der Waals surface area contributed by atoms with Gasteiger partial charge in [0.05, 0.1) is 36.5 Å². The highest BCUT2D eigenvalue weighted by Crippen LogP contribution is 2.35. The number of aromatic hydroxyl groups is 1. The first-order valence-electron chi connectivity index (χ1n) is 11.0. The number of phenols is 1. The second-order valence-corrected chi connectivity index (χ2v) is 8.30. The molecular formula is C23H28N4O6. The summed E-state index contributed by atoms with van der Waals surface area (Å²) in [6.45, 7) is 2.72. The van der Waals surface area contributed by atoms with Crippen molar-refractivity contribution in [1.82, 2.24) is 9.55 Å². The Balaban J connectivity index is 1.39. The van der Waals surface area contributed by atoms with Crippen LogP contribution in [0.25, 0.3) is 11.0 Å². The monoisotopic (exact) mass is 456 g/mol. The summed E-state index contributed by atoms with van der Waals surface area (Å²) in [5.74, 6) is 0.649. The molecule has 0 saturated carbocycles. The predicted molar refractivity (Wildman–Crippen MR) is 121 cm³/mol. The van der Waals surface area contributed by atoms with Crippen LogP contribution in [0.1, 0.15) is 11.8 Å². The van der Waals surface area contributed by atoms with Crippen LogP contribution in [-0.2, 0) is 16.0 Å². The van der Waals surface area contributed by atoms with Crippen molar-refractivity contribution in [2.45, 2.75) is 31.1 Å². The number of nitrogens with zero attached hydrogens (tertiary/aromatic N) is 3. The minimum atomic E-state index is -1.22. The number of benzene rings is 2. The molecule has 2 fully saturated rings. The minimum absolute atomic E-state index is 0.202. The molecular weight excluding hydrogens is 428 g/mol. The number of aliphatic hydroxyl groups excluding tert-OH is 3. The lowest BCUT2D eigenvalue weighted by Gasteiger charge is -2.29. The molecule has 0 amide bonds. The van der Waals surface area contributed by atoms with Crippen molar-refractivity contribution in [2.24, 2.45) is 0 Å². The maximum Gasteiger partial charge on any atom is 0.206 e. The van der Waals surface area contributed by atoms with Gasteiger partial charge in [0, 0.05) is 19.6 Å². The van der Waals surface area contributed by atoms with E-state index in [-0.39, 0.29) is 5.75 Å². The average molecular weight is 456 g/mol. The van der Waals surface area contributed by atoms with Crippen LogP contribution in [0.5, 0.6) is 5.75 Å². The molecule has 2 aliphatic rings. The molecule has 0 bridgehead atoms. The molecule has 5 rings (SSSR count). The molecule has 33 heavy (non-hydrogen) atoms. The summed E-state index contributed by atoms with van der Waals surface area (Å²) < 4.78 is 12.8. The molecule has 2 saturated heterocycles. The van der Waals surface area contributed by atoms with Gasteiger partial charge in [-0.3, -0.25) is 4.57 Å². The maximum absolute atomic E-state index is 10.6. The van der Waals surface area contributed by atoms with Crippen molar-refractivity contribution in [3.8, 4) is 5.75 Å². The summed E-state index contributed by atoms with van der Waals surface area (Å²) in [5, 5.41) is 44.1. The predicted octanol–water partition coefficient (Wildman–Crippen LogP) is 0.802. The molecule has 10 nitrogen and oxygen atoms in total. The number of hydrogen-bond donors (Lipinski definition) is 5. The number of aromatic nitrogens is 2. The van der Waals surface area contributed by atoms with Crippen LogP contribution in [0.3, 0.4) is 0 Å². The summed E-state index contributed by atoms with van der Waals surface area (Å²) in [6, 6.07) is 13.0. The van der Waals surface area contributed by atoms with Crippen molar-refractivity contribution in [3.63, 3.8) is 0 Å². The van der Waals surface area contributed by atoms with E-state index < -0.39 is 31.1 Å². The number of anilines is 2. The first-order valence-corrected chi connectivity index (χ1v) is 11.0.